The smallest absolute Gasteiger partial charge is 0.305 e. The van der Waals surface area contributed by atoms with E-state index in [9.17, 15) is 38.4 Å². The molecule has 0 radical (unpaired) electrons. The molecule has 0 spiro atoms. The van der Waals surface area contributed by atoms with Gasteiger partial charge in [-0.2, -0.15) is 0 Å². The summed E-state index contributed by atoms with van der Waals surface area (Å²) in [5, 5.41) is 17.1. The summed E-state index contributed by atoms with van der Waals surface area (Å²) in [4.78, 5) is 92.4. The molecule has 0 saturated carbocycles. The van der Waals surface area contributed by atoms with Crippen molar-refractivity contribution in [3.05, 3.63) is 53.5 Å². The number of rotatable bonds is 8. The molecule has 0 bridgehead atoms. The van der Waals surface area contributed by atoms with E-state index in [1.165, 1.54) is 9.80 Å². The highest BCUT2D eigenvalue weighted by Crippen LogP contribution is 2.14. The largest absolute Gasteiger partial charge is 0.481 e. The zero-order valence-electron chi connectivity index (χ0n) is 20.1. The van der Waals surface area contributed by atoms with Crippen LogP contribution in [0.1, 0.15) is 12.8 Å². The van der Waals surface area contributed by atoms with Crippen LogP contribution in [0.4, 0.5) is 0 Å². The maximum atomic E-state index is 12.3. The van der Waals surface area contributed by atoms with Crippen LogP contribution in [0.5, 0.6) is 0 Å². The Hall–Kier alpha value is -4.62. The van der Waals surface area contributed by atoms with Crippen molar-refractivity contribution in [1.82, 2.24) is 18.9 Å². The van der Waals surface area contributed by atoms with E-state index in [-0.39, 0.29) is 34.6 Å². The van der Waals surface area contributed by atoms with E-state index < -0.39 is 47.0 Å². The third-order valence-corrected chi connectivity index (χ3v) is 4.58. The first-order valence-corrected chi connectivity index (χ1v) is 10.3. The van der Waals surface area contributed by atoms with Gasteiger partial charge in [0.1, 0.15) is 0 Å². The van der Waals surface area contributed by atoms with E-state index in [0.29, 0.717) is 0 Å². The van der Waals surface area contributed by atoms with Crippen molar-refractivity contribution in [1.29, 1.82) is 0 Å². The Morgan fingerprint density at radius 1 is 0.667 bits per heavy atom. The van der Waals surface area contributed by atoms with E-state index in [1.54, 1.807) is 28.2 Å². The molecule has 0 unspecified atom stereocenters. The van der Waals surface area contributed by atoms with Crippen LogP contribution in [0.2, 0.25) is 0 Å². The molecule has 1 aromatic carbocycles. The molecular weight excluding hydrogens is 480 g/mol. The molecule has 0 aliphatic heterocycles. The van der Waals surface area contributed by atoms with Gasteiger partial charge < -0.3 is 20.0 Å². The van der Waals surface area contributed by atoms with Crippen molar-refractivity contribution >= 4 is 46.3 Å². The fourth-order valence-electron chi connectivity index (χ4n) is 2.89. The van der Waals surface area contributed by atoms with Crippen LogP contribution in [0.25, 0.3) is 21.5 Å². The molecule has 14 nitrogen and oxygen atoms in total. The minimum absolute atomic E-state index is 0.0830. The summed E-state index contributed by atoms with van der Waals surface area (Å²) >= 11 is 0. The van der Waals surface area contributed by atoms with Crippen molar-refractivity contribution < 1.29 is 29.4 Å². The minimum Gasteiger partial charge on any atom is -0.481 e. The van der Waals surface area contributed by atoms with Crippen molar-refractivity contribution in [2.75, 3.05) is 28.2 Å². The Morgan fingerprint density at radius 2 is 0.889 bits per heavy atom. The number of amides is 2. The third kappa shape index (κ3) is 7.19. The van der Waals surface area contributed by atoms with Crippen LogP contribution in [0, 0.1) is 0 Å². The van der Waals surface area contributed by atoms with Crippen molar-refractivity contribution in [2.45, 2.75) is 25.9 Å². The highest BCUT2D eigenvalue weighted by Gasteiger charge is 2.20. The molecule has 3 aromatic rings. The molecule has 2 heterocycles. The summed E-state index contributed by atoms with van der Waals surface area (Å²) in [6.07, 6.45) is 0.651. The predicted molar refractivity (Wildman–Crippen MR) is 129 cm³/mol. The third-order valence-electron chi connectivity index (χ3n) is 4.58. The maximum Gasteiger partial charge on any atom is 0.305 e. The highest BCUT2D eigenvalue weighted by molar-refractivity contribution is 5.97. The number of aromatic nitrogens is 2. The van der Waals surface area contributed by atoms with Crippen LogP contribution >= 0.6 is 0 Å². The molecular formula is C22H26N4O10. The Morgan fingerprint density at radius 3 is 1.06 bits per heavy atom. The van der Waals surface area contributed by atoms with E-state index in [4.69, 9.17) is 10.2 Å². The molecule has 194 valence electrons. The number of carboxylic acids is 2. The van der Waals surface area contributed by atoms with Gasteiger partial charge >= 0.3 is 11.9 Å². The number of carboxylic acid groups (broad SMARTS) is 2. The molecule has 14 heteroatoms. The zero-order chi connectivity index (χ0) is 27.7. The second-order valence-corrected chi connectivity index (χ2v) is 7.89. The van der Waals surface area contributed by atoms with Gasteiger partial charge in [0, 0.05) is 41.3 Å². The molecule has 2 amide bonds. The summed E-state index contributed by atoms with van der Waals surface area (Å²) in [6, 6.07) is 2.26. The summed E-state index contributed by atoms with van der Waals surface area (Å²) in [6.45, 7) is -0.641. The lowest BCUT2D eigenvalue weighted by Gasteiger charge is -1.95. The van der Waals surface area contributed by atoms with E-state index in [1.807, 2.05) is 0 Å². The van der Waals surface area contributed by atoms with Gasteiger partial charge in [0.15, 0.2) is 0 Å². The van der Waals surface area contributed by atoms with Crippen LogP contribution in [-0.4, -0.2) is 82.1 Å². The second-order valence-electron chi connectivity index (χ2n) is 7.89. The molecule has 0 aliphatic carbocycles. The zero-order valence-corrected chi connectivity index (χ0v) is 20.1. The number of hydrogen-bond acceptors (Lipinski definition) is 8. The SMILES string of the molecule is CN(C)C=O.CN(C)C=O.O=C(O)CCn1c(=O)c2cc3c(=O)n(CCC(=O)O)c(=O)c3cc2c1=O. The average molecular weight is 506 g/mol. The molecule has 0 aliphatic rings. The number of hydrogen-bond donors (Lipinski definition) is 2. The minimum atomic E-state index is -1.18. The maximum absolute atomic E-state index is 12.3. The Labute approximate surface area is 202 Å². The fraction of sp³-hybridized carbons (Fsp3) is 0.364. The van der Waals surface area contributed by atoms with E-state index in [0.717, 1.165) is 34.1 Å². The Balaban J connectivity index is 0.000000550. The molecule has 0 fully saturated rings. The highest BCUT2D eigenvalue weighted by atomic mass is 16.4. The molecule has 0 atom stereocenters. The van der Waals surface area contributed by atoms with Crippen molar-refractivity contribution in [3.8, 4) is 0 Å². The van der Waals surface area contributed by atoms with Gasteiger partial charge in [0.05, 0.1) is 34.4 Å². The first-order chi connectivity index (χ1) is 16.8. The number of carbonyl (C=O) groups excluding carboxylic acids is 2. The standard InChI is InChI=1S/C16H12N2O8.2C3H7NO/c19-11(20)1-3-17-13(23)7-5-9-10(6-8(7)14(17)24)16(26)18(15(9)25)4-2-12(21)22;2*1-4(2)3-5/h5-6H,1-4H2,(H,19,20)(H,21,22);2*3H,1-2H3. The first-order valence-electron chi connectivity index (χ1n) is 10.3. The quantitative estimate of drug-likeness (QED) is 0.332. The van der Waals surface area contributed by atoms with Crippen molar-refractivity contribution in [3.63, 3.8) is 0 Å². The van der Waals surface area contributed by atoms with Gasteiger partial charge in [-0.25, -0.2) is 0 Å². The number of aliphatic carboxylic acids is 2. The van der Waals surface area contributed by atoms with E-state index in [2.05, 4.69) is 0 Å². The lowest BCUT2D eigenvalue weighted by molar-refractivity contribution is -0.138. The molecule has 3 rings (SSSR count). The van der Waals surface area contributed by atoms with E-state index >= 15 is 0 Å². The van der Waals surface area contributed by atoms with Gasteiger partial charge in [-0.15, -0.1) is 0 Å². The average Bonchev–Trinajstić information content (AvgIpc) is 3.19. The normalized spacial score (nSPS) is 10.1. The van der Waals surface area contributed by atoms with Crippen LogP contribution < -0.4 is 22.2 Å². The lowest BCUT2D eigenvalue weighted by atomic mass is 10.1. The molecule has 36 heavy (non-hydrogen) atoms. The van der Waals surface area contributed by atoms with Gasteiger partial charge in [0.25, 0.3) is 22.2 Å². The van der Waals surface area contributed by atoms with Crippen LogP contribution in [0.3, 0.4) is 0 Å². The van der Waals surface area contributed by atoms with Gasteiger partial charge in [-0.05, 0) is 12.1 Å². The summed E-state index contributed by atoms with van der Waals surface area (Å²) in [7, 11) is 6.75. The number of fused-ring (bicyclic) bond motifs is 2. The predicted octanol–water partition coefficient (Wildman–Crippen LogP) is -1.73. The van der Waals surface area contributed by atoms with Crippen molar-refractivity contribution in [2.24, 2.45) is 0 Å². The summed E-state index contributed by atoms with van der Waals surface area (Å²) in [5.41, 5.74) is -2.95. The van der Waals surface area contributed by atoms with Crippen LogP contribution in [-0.2, 0) is 32.3 Å². The van der Waals surface area contributed by atoms with Gasteiger partial charge in [-0.1, -0.05) is 0 Å². The Kier molecular flexibility index (Phi) is 10.4. The number of nitrogens with zero attached hydrogens (tertiary/aromatic N) is 4. The molecule has 2 N–H and O–H groups in total. The first kappa shape index (κ1) is 29.4. The van der Waals surface area contributed by atoms with Gasteiger partial charge in [-0.3, -0.25) is 47.5 Å². The number of benzene rings is 1. The molecule has 2 aromatic heterocycles. The Bertz CT molecular complexity index is 1290. The molecule has 0 saturated heterocycles. The topological polar surface area (TPSA) is 193 Å². The van der Waals surface area contributed by atoms with Crippen LogP contribution in [0.15, 0.2) is 31.3 Å². The van der Waals surface area contributed by atoms with Gasteiger partial charge in [0.2, 0.25) is 12.8 Å². The second kappa shape index (κ2) is 12.7. The summed E-state index contributed by atoms with van der Waals surface area (Å²) in [5.74, 6) is -2.35. The fourth-order valence-corrected chi connectivity index (χ4v) is 2.89. The number of carbonyl (C=O) groups is 4. The summed E-state index contributed by atoms with van der Waals surface area (Å²) < 4.78 is 1.51. The monoisotopic (exact) mass is 506 g/mol. The lowest BCUT2D eigenvalue weighted by Crippen LogP contribution is -2.27.